The van der Waals surface area contributed by atoms with Crippen molar-refractivity contribution in [2.45, 2.75) is 13.8 Å². The molecule has 0 aliphatic carbocycles. The van der Waals surface area contributed by atoms with Gasteiger partial charge in [-0.3, -0.25) is 5.41 Å². The van der Waals surface area contributed by atoms with Gasteiger partial charge in [-0.2, -0.15) is 0 Å². The summed E-state index contributed by atoms with van der Waals surface area (Å²) in [6, 6.07) is 9.84. The van der Waals surface area contributed by atoms with Gasteiger partial charge in [0.2, 0.25) is 0 Å². The summed E-state index contributed by atoms with van der Waals surface area (Å²) >= 11 is 0. The van der Waals surface area contributed by atoms with E-state index in [9.17, 15) is 0 Å². The molecule has 0 spiro atoms. The van der Waals surface area contributed by atoms with Crippen molar-refractivity contribution in [1.29, 1.82) is 5.41 Å². The van der Waals surface area contributed by atoms with E-state index in [1.54, 1.807) is 0 Å². The molecule has 0 saturated carbocycles. The third-order valence-electron chi connectivity index (χ3n) is 3.06. The van der Waals surface area contributed by atoms with Crippen LogP contribution in [0.3, 0.4) is 0 Å². The molecule has 3 N–H and O–H groups in total. The van der Waals surface area contributed by atoms with Crippen molar-refractivity contribution in [2.24, 2.45) is 5.73 Å². The van der Waals surface area contributed by atoms with E-state index >= 15 is 0 Å². The summed E-state index contributed by atoms with van der Waals surface area (Å²) in [6.07, 6.45) is 0. The summed E-state index contributed by atoms with van der Waals surface area (Å²) in [5.41, 5.74) is 7.31. The number of nitrogens with two attached hydrogens (primary N) is 1. The number of nitrogen functional groups attached to an aromatic ring is 1. The molecule has 1 heterocycles. The maximum Gasteiger partial charge on any atom is 0.140 e. The maximum atomic E-state index is 7.71. The van der Waals surface area contributed by atoms with Crippen LogP contribution >= 0.6 is 0 Å². The van der Waals surface area contributed by atoms with Crippen LogP contribution in [-0.2, 0) is 0 Å². The fourth-order valence-electron chi connectivity index (χ4n) is 2.07. The monoisotopic (exact) mass is 242 g/mol. The van der Waals surface area contributed by atoms with E-state index in [2.05, 4.69) is 23.7 Å². The predicted octanol–water partition coefficient (Wildman–Crippen LogP) is 2.37. The van der Waals surface area contributed by atoms with Gasteiger partial charge in [-0.25, -0.2) is 4.98 Å². The van der Waals surface area contributed by atoms with Gasteiger partial charge >= 0.3 is 0 Å². The van der Waals surface area contributed by atoms with Crippen LogP contribution in [0.4, 0.5) is 5.82 Å². The van der Waals surface area contributed by atoms with Crippen LogP contribution in [0.25, 0.3) is 10.9 Å². The van der Waals surface area contributed by atoms with Gasteiger partial charge in [-0.05, 0) is 26.0 Å². The molecule has 0 saturated heterocycles. The number of nitrogens with zero attached hydrogens (tertiary/aromatic N) is 2. The second-order valence-corrected chi connectivity index (χ2v) is 4.14. The molecule has 0 unspecified atom stereocenters. The zero-order valence-electron chi connectivity index (χ0n) is 10.8. The van der Waals surface area contributed by atoms with E-state index in [1.165, 1.54) is 0 Å². The third-order valence-corrected chi connectivity index (χ3v) is 3.06. The Labute approximate surface area is 107 Å². The first kappa shape index (κ1) is 12.4. The summed E-state index contributed by atoms with van der Waals surface area (Å²) in [7, 11) is 0. The number of anilines is 1. The van der Waals surface area contributed by atoms with Crippen LogP contribution in [0, 0.1) is 5.41 Å². The number of rotatable bonds is 4. The lowest BCUT2D eigenvalue weighted by Gasteiger charge is -2.22. The Morgan fingerprint density at radius 3 is 2.56 bits per heavy atom. The van der Waals surface area contributed by atoms with Crippen LogP contribution < -0.4 is 10.6 Å². The molecule has 0 aliphatic rings. The highest BCUT2D eigenvalue weighted by molar-refractivity contribution is 6.03. The second kappa shape index (κ2) is 5.04. The molecule has 0 aliphatic heterocycles. The lowest BCUT2D eigenvalue weighted by atomic mass is 10.1. The van der Waals surface area contributed by atoms with Crippen molar-refractivity contribution in [3.63, 3.8) is 0 Å². The average Bonchev–Trinajstić information content (AvgIpc) is 2.39. The molecule has 2 rings (SSSR count). The molecule has 0 fully saturated rings. The predicted molar refractivity (Wildman–Crippen MR) is 76.3 cm³/mol. The highest BCUT2D eigenvalue weighted by Gasteiger charge is 2.13. The van der Waals surface area contributed by atoms with Gasteiger partial charge in [0.25, 0.3) is 0 Å². The van der Waals surface area contributed by atoms with Gasteiger partial charge in [-0.1, -0.05) is 18.2 Å². The minimum atomic E-state index is 0.0650. The van der Waals surface area contributed by atoms with Crippen LogP contribution in [-0.4, -0.2) is 23.9 Å². The van der Waals surface area contributed by atoms with E-state index in [0.717, 1.165) is 29.8 Å². The van der Waals surface area contributed by atoms with Crippen molar-refractivity contribution in [3.05, 3.63) is 35.9 Å². The summed E-state index contributed by atoms with van der Waals surface area (Å²) in [4.78, 5) is 6.76. The minimum absolute atomic E-state index is 0.0650. The van der Waals surface area contributed by atoms with Crippen LogP contribution in [0.15, 0.2) is 30.3 Å². The molecule has 0 radical (unpaired) electrons. The number of hydrogen-bond acceptors (Lipinski definition) is 3. The molecule has 1 aromatic heterocycles. The molecular formula is C14H18N4. The Morgan fingerprint density at radius 1 is 1.28 bits per heavy atom. The Bertz CT molecular complexity index is 573. The highest BCUT2D eigenvalue weighted by atomic mass is 15.2. The first-order valence-corrected chi connectivity index (χ1v) is 6.16. The molecule has 4 nitrogen and oxygen atoms in total. The molecular weight excluding hydrogens is 224 g/mol. The quantitative estimate of drug-likeness (QED) is 0.639. The molecule has 2 aromatic rings. The summed E-state index contributed by atoms with van der Waals surface area (Å²) in [5.74, 6) is 0.862. The van der Waals surface area contributed by atoms with Crippen molar-refractivity contribution in [3.8, 4) is 0 Å². The average molecular weight is 242 g/mol. The number of fused-ring (bicyclic) bond motifs is 1. The number of benzene rings is 1. The largest absolute Gasteiger partial charge is 0.384 e. The van der Waals surface area contributed by atoms with Gasteiger partial charge in [0, 0.05) is 18.5 Å². The maximum absolute atomic E-state index is 7.71. The van der Waals surface area contributed by atoms with Crippen LogP contribution in [0.5, 0.6) is 0 Å². The summed E-state index contributed by atoms with van der Waals surface area (Å²) in [5, 5.41) is 8.72. The number of hydrogen-bond donors (Lipinski definition) is 2. The Kier molecular flexibility index (Phi) is 3.46. The standard InChI is InChI=1S/C14H18N4/c1-3-18(4-2)14-11(13(15)16)9-10-7-5-6-8-12(10)17-14/h5-9H,3-4H2,1-2H3,(H3,15,16). The minimum Gasteiger partial charge on any atom is -0.384 e. The number of pyridine rings is 1. The van der Waals surface area contributed by atoms with Gasteiger partial charge in [-0.15, -0.1) is 0 Å². The number of nitrogens with one attached hydrogen (secondary N) is 1. The normalized spacial score (nSPS) is 10.6. The van der Waals surface area contributed by atoms with Gasteiger partial charge in [0.1, 0.15) is 11.7 Å². The van der Waals surface area contributed by atoms with E-state index in [4.69, 9.17) is 11.1 Å². The van der Waals surface area contributed by atoms with E-state index in [-0.39, 0.29) is 5.84 Å². The SMILES string of the molecule is CCN(CC)c1nc2ccccc2cc1C(=N)N. The lowest BCUT2D eigenvalue weighted by molar-refractivity contribution is 0.848. The summed E-state index contributed by atoms with van der Waals surface area (Å²) in [6.45, 7) is 5.85. The molecule has 0 atom stereocenters. The van der Waals surface area contributed by atoms with Crippen molar-refractivity contribution in [2.75, 3.05) is 18.0 Å². The highest BCUT2D eigenvalue weighted by Crippen LogP contribution is 2.23. The van der Waals surface area contributed by atoms with E-state index in [0.29, 0.717) is 5.56 Å². The van der Waals surface area contributed by atoms with Gasteiger partial charge in [0.05, 0.1) is 11.1 Å². The van der Waals surface area contributed by atoms with E-state index < -0.39 is 0 Å². The topological polar surface area (TPSA) is 66.0 Å². The second-order valence-electron chi connectivity index (χ2n) is 4.14. The van der Waals surface area contributed by atoms with E-state index in [1.807, 2.05) is 30.3 Å². The third kappa shape index (κ3) is 2.14. The number of amidine groups is 1. The molecule has 4 heteroatoms. The summed E-state index contributed by atoms with van der Waals surface area (Å²) < 4.78 is 0. The zero-order chi connectivity index (χ0) is 13.1. The first-order chi connectivity index (χ1) is 8.67. The molecule has 1 aromatic carbocycles. The van der Waals surface area contributed by atoms with Gasteiger partial charge < -0.3 is 10.6 Å². The number of para-hydroxylation sites is 1. The molecule has 0 bridgehead atoms. The molecule has 94 valence electrons. The smallest absolute Gasteiger partial charge is 0.140 e. The fourth-order valence-corrected chi connectivity index (χ4v) is 2.07. The zero-order valence-corrected chi connectivity index (χ0v) is 10.8. The number of aromatic nitrogens is 1. The van der Waals surface area contributed by atoms with Crippen LogP contribution in [0.2, 0.25) is 0 Å². The van der Waals surface area contributed by atoms with Crippen molar-refractivity contribution in [1.82, 2.24) is 4.98 Å². The fraction of sp³-hybridized carbons (Fsp3) is 0.286. The Balaban J connectivity index is 2.68. The van der Waals surface area contributed by atoms with Crippen molar-refractivity contribution < 1.29 is 0 Å². The Morgan fingerprint density at radius 2 is 1.94 bits per heavy atom. The molecule has 18 heavy (non-hydrogen) atoms. The molecule has 0 amide bonds. The van der Waals surface area contributed by atoms with Gasteiger partial charge in [0.15, 0.2) is 0 Å². The Hall–Kier alpha value is -2.10. The lowest BCUT2D eigenvalue weighted by Crippen LogP contribution is -2.27. The van der Waals surface area contributed by atoms with Crippen LogP contribution in [0.1, 0.15) is 19.4 Å². The van der Waals surface area contributed by atoms with Crippen molar-refractivity contribution >= 4 is 22.6 Å². The first-order valence-electron chi connectivity index (χ1n) is 6.16.